The molecule has 0 saturated heterocycles. The summed E-state index contributed by atoms with van der Waals surface area (Å²) in [6.07, 6.45) is 2.19. The quantitative estimate of drug-likeness (QED) is 0.624. The number of carbonyl (C=O) groups is 1. The van der Waals surface area contributed by atoms with Crippen LogP contribution in [0.4, 0.5) is 0 Å². The average Bonchev–Trinajstić information content (AvgIpc) is 2.28. The van der Waals surface area contributed by atoms with E-state index in [0.717, 1.165) is 6.42 Å². The van der Waals surface area contributed by atoms with Gasteiger partial charge in [-0.05, 0) is 5.92 Å². The minimum atomic E-state index is -0.187. The minimum Gasteiger partial charge on any atom is -0.510 e. The summed E-state index contributed by atoms with van der Waals surface area (Å²) in [5, 5.41) is 11.9. The summed E-state index contributed by atoms with van der Waals surface area (Å²) in [5.41, 5.74) is 0. The molecule has 0 radical (unpaired) electrons. The van der Waals surface area contributed by atoms with Gasteiger partial charge in [-0.3, -0.25) is 4.79 Å². The maximum absolute atomic E-state index is 10.7. The molecule has 0 fully saturated rings. The van der Waals surface area contributed by atoms with Gasteiger partial charge in [0.2, 0.25) is 5.91 Å². The first kappa shape index (κ1) is 8.11. The van der Waals surface area contributed by atoms with E-state index in [1.54, 1.807) is 0 Å². The summed E-state index contributed by atoms with van der Waals surface area (Å²) in [7, 11) is 0. The molecule has 11 heavy (non-hydrogen) atoms. The van der Waals surface area contributed by atoms with Crippen LogP contribution in [-0.2, 0) is 4.79 Å². The van der Waals surface area contributed by atoms with Gasteiger partial charge in [0, 0.05) is 6.08 Å². The van der Waals surface area contributed by atoms with Crippen molar-refractivity contribution in [2.45, 2.75) is 26.3 Å². The molecule has 1 rings (SSSR count). The van der Waals surface area contributed by atoms with Crippen LogP contribution in [0, 0.1) is 5.92 Å². The zero-order chi connectivity index (χ0) is 8.43. The van der Waals surface area contributed by atoms with Crippen LogP contribution in [-0.4, -0.2) is 17.1 Å². The topological polar surface area (TPSA) is 49.3 Å². The van der Waals surface area contributed by atoms with E-state index in [-0.39, 0.29) is 17.7 Å². The first-order chi connectivity index (χ1) is 5.15. The number of aliphatic hydroxyl groups is 1. The molecule has 0 aliphatic carbocycles. The van der Waals surface area contributed by atoms with Gasteiger partial charge in [0.1, 0.15) is 5.76 Å². The Labute approximate surface area is 66.1 Å². The number of hydrogen-bond donors (Lipinski definition) is 2. The smallest absolute Gasteiger partial charge is 0.248 e. The number of nitrogens with one attached hydrogen (secondary N) is 1. The predicted molar refractivity (Wildman–Crippen MR) is 42.1 cm³/mol. The van der Waals surface area contributed by atoms with Crippen LogP contribution in [0.5, 0.6) is 0 Å². The van der Waals surface area contributed by atoms with Crippen LogP contribution in [0.2, 0.25) is 0 Å². The van der Waals surface area contributed by atoms with Crippen LogP contribution in [0.3, 0.4) is 0 Å². The third-order valence-electron chi connectivity index (χ3n) is 2.11. The molecule has 2 atom stereocenters. The molecule has 3 heteroatoms. The fourth-order valence-corrected chi connectivity index (χ4v) is 1.16. The van der Waals surface area contributed by atoms with E-state index < -0.39 is 0 Å². The van der Waals surface area contributed by atoms with E-state index in [0.29, 0.717) is 5.92 Å². The minimum absolute atomic E-state index is 0.160. The van der Waals surface area contributed by atoms with Crippen LogP contribution in [0.1, 0.15) is 20.3 Å². The van der Waals surface area contributed by atoms with Gasteiger partial charge in [0.15, 0.2) is 0 Å². The second-order valence-electron chi connectivity index (χ2n) is 2.94. The summed E-state index contributed by atoms with van der Waals surface area (Å²) >= 11 is 0. The van der Waals surface area contributed by atoms with Crippen molar-refractivity contribution in [3.05, 3.63) is 11.8 Å². The Morgan fingerprint density at radius 3 is 2.82 bits per heavy atom. The molecule has 0 aromatic heterocycles. The van der Waals surface area contributed by atoms with Crippen molar-refractivity contribution in [3.63, 3.8) is 0 Å². The molecule has 0 spiro atoms. The van der Waals surface area contributed by atoms with Gasteiger partial charge in [0.25, 0.3) is 0 Å². The Balaban J connectivity index is 2.63. The molecule has 1 amide bonds. The molecular formula is C8H13NO2. The summed E-state index contributed by atoms with van der Waals surface area (Å²) in [6, 6.07) is -0.160. The molecule has 0 aromatic rings. The van der Waals surface area contributed by atoms with E-state index in [9.17, 15) is 9.90 Å². The molecule has 0 bridgehead atoms. The predicted octanol–water partition coefficient (Wildman–Crippen LogP) is 0.973. The standard InChI is InChI=1S/C8H13NO2/c1-3-5(2)8-6(10)4-7(11)9-8/h4-5,8,10H,3H2,1-2H3,(H,9,11)/t5?,8-/m1/s1. The Bertz CT molecular complexity index is 198. The Hall–Kier alpha value is -0.990. The highest BCUT2D eigenvalue weighted by atomic mass is 16.3. The number of aliphatic hydroxyl groups excluding tert-OH is 1. The zero-order valence-electron chi connectivity index (χ0n) is 6.79. The fourth-order valence-electron chi connectivity index (χ4n) is 1.16. The molecule has 1 aliphatic rings. The van der Waals surface area contributed by atoms with Crippen molar-refractivity contribution < 1.29 is 9.90 Å². The van der Waals surface area contributed by atoms with Gasteiger partial charge in [-0.1, -0.05) is 20.3 Å². The molecule has 0 aromatic carbocycles. The second-order valence-corrected chi connectivity index (χ2v) is 2.94. The van der Waals surface area contributed by atoms with Crippen LogP contribution in [0.25, 0.3) is 0 Å². The van der Waals surface area contributed by atoms with Gasteiger partial charge in [0.05, 0.1) is 6.04 Å². The van der Waals surface area contributed by atoms with Crippen molar-refractivity contribution >= 4 is 5.91 Å². The summed E-state index contributed by atoms with van der Waals surface area (Å²) in [4.78, 5) is 10.7. The lowest BCUT2D eigenvalue weighted by atomic mass is 9.99. The molecule has 1 unspecified atom stereocenters. The monoisotopic (exact) mass is 155 g/mol. The molecule has 2 N–H and O–H groups in total. The van der Waals surface area contributed by atoms with E-state index in [2.05, 4.69) is 5.32 Å². The third kappa shape index (κ3) is 1.53. The van der Waals surface area contributed by atoms with Crippen LogP contribution < -0.4 is 5.32 Å². The van der Waals surface area contributed by atoms with E-state index >= 15 is 0 Å². The first-order valence-electron chi connectivity index (χ1n) is 3.86. The number of carbonyl (C=O) groups excluding carboxylic acids is 1. The molecule has 1 heterocycles. The van der Waals surface area contributed by atoms with E-state index in [1.165, 1.54) is 6.08 Å². The molecule has 0 saturated carbocycles. The van der Waals surface area contributed by atoms with Crippen molar-refractivity contribution in [2.24, 2.45) is 5.92 Å². The molecule has 1 aliphatic heterocycles. The number of rotatable bonds is 2. The highest BCUT2D eigenvalue weighted by Crippen LogP contribution is 2.17. The summed E-state index contributed by atoms with van der Waals surface area (Å²) in [6.45, 7) is 4.03. The summed E-state index contributed by atoms with van der Waals surface area (Å²) in [5.74, 6) is 0.287. The van der Waals surface area contributed by atoms with Crippen LogP contribution >= 0.6 is 0 Å². The second kappa shape index (κ2) is 2.95. The van der Waals surface area contributed by atoms with Crippen molar-refractivity contribution in [1.29, 1.82) is 0 Å². The zero-order valence-corrected chi connectivity index (χ0v) is 6.79. The lowest BCUT2D eigenvalue weighted by Crippen LogP contribution is -2.34. The van der Waals surface area contributed by atoms with Gasteiger partial charge in [-0.2, -0.15) is 0 Å². The van der Waals surface area contributed by atoms with Crippen molar-refractivity contribution in [1.82, 2.24) is 5.32 Å². The SMILES string of the molecule is CCC(C)[C@H]1NC(=O)C=C1O. The van der Waals surface area contributed by atoms with Gasteiger partial charge < -0.3 is 10.4 Å². The van der Waals surface area contributed by atoms with E-state index in [4.69, 9.17) is 0 Å². The van der Waals surface area contributed by atoms with Crippen molar-refractivity contribution in [2.75, 3.05) is 0 Å². The summed E-state index contributed by atoms with van der Waals surface area (Å²) < 4.78 is 0. The average molecular weight is 155 g/mol. The van der Waals surface area contributed by atoms with Gasteiger partial charge >= 0.3 is 0 Å². The fraction of sp³-hybridized carbons (Fsp3) is 0.625. The van der Waals surface area contributed by atoms with Gasteiger partial charge in [-0.25, -0.2) is 0 Å². The maximum Gasteiger partial charge on any atom is 0.248 e. The van der Waals surface area contributed by atoms with Gasteiger partial charge in [-0.15, -0.1) is 0 Å². The third-order valence-corrected chi connectivity index (χ3v) is 2.11. The highest BCUT2D eigenvalue weighted by molar-refractivity contribution is 5.91. The molecular weight excluding hydrogens is 142 g/mol. The van der Waals surface area contributed by atoms with E-state index in [1.807, 2.05) is 13.8 Å². The molecule has 3 nitrogen and oxygen atoms in total. The first-order valence-corrected chi connectivity index (χ1v) is 3.86. The lowest BCUT2D eigenvalue weighted by Gasteiger charge is -2.17. The van der Waals surface area contributed by atoms with Crippen molar-refractivity contribution in [3.8, 4) is 0 Å². The Morgan fingerprint density at radius 2 is 2.45 bits per heavy atom. The molecule has 62 valence electrons. The lowest BCUT2D eigenvalue weighted by molar-refractivity contribution is -0.116. The Kier molecular flexibility index (Phi) is 2.17. The maximum atomic E-state index is 10.7. The number of hydrogen-bond acceptors (Lipinski definition) is 2. The normalized spacial score (nSPS) is 26.2. The Morgan fingerprint density at radius 1 is 1.82 bits per heavy atom. The largest absolute Gasteiger partial charge is 0.510 e. The number of amides is 1. The van der Waals surface area contributed by atoms with Crippen LogP contribution in [0.15, 0.2) is 11.8 Å². The highest BCUT2D eigenvalue weighted by Gasteiger charge is 2.27.